The molecule has 24 heavy (non-hydrogen) atoms. The molecule has 1 aromatic carbocycles. The van der Waals surface area contributed by atoms with Gasteiger partial charge >= 0.3 is 0 Å². The third kappa shape index (κ3) is 4.83. The van der Waals surface area contributed by atoms with Crippen LogP contribution >= 0.6 is 0 Å². The molecule has 0 radical (unpaired) electrons. The minimum Gasteiger partial charge on any atom is -0.353 e. The molecule has 1 saturated heterocycles. The second kappa shape index (κ2) is 8.66. The molecule has 1 aliphatic carbocycles. The normalized spacial score (nSPS) is 21.4. The van der Waals surface area contributed by atoms with Crippen LogP contribution in [0.4, 0.5) is 0 Å². The Kier molecular flexibility index (Phi) is 6.30. The van der Waals surface area contributed by atoms with Gasteiger partial charge in [0, 0.05) is 18.5 Å². The molecule has 3 nitrogen and oxygen atoms in total. The molecule has 0 unspecified atom stereocenters. The van der Waals surface area contributed by atoms with Gasteiger partial charge in [-0.1, -0.05) is 49.9 Å². The van der Waals surface area contributed by atoms with Gasteiger partial charge in [0.15, 0.2) is 0 Å². The molecule has 132 valence electrons. The lowest BCUT2D eigenvalue weighted by Crippen LogP contribution is -2.43. The molecular formula is C21H32N2O. The van der Waals surface area contributed by atoms with E-state index in [1.54, 1.807) is 0 Å². The van der Waals surface area contributed by atoms with Crippen molar-refractivity contribution in [2.75, 3.05) is 13.1 Å². The molecule has 3 rings (SSSR count). The molecule has 3 heteroatoms. The van der Waals surface area contributed by atoms with Gasteiger partial charge in [0.1, 0.15) is 0 Å². The molecule has 0 atom stereocenters. The van der Waals surface area contributed by atoms with Gasteiger partial charge in [0.05, 0.1) is 0 Å². The first kappa shape index (κ1) is 17.5. The molecule has 1 saturated carbocycles. The molecule has 2 fully saturated rings. The number of nitrogens with zero attached hydrogens (tertiary/aromatic N) is 1. The Morgan fingerprint density at radius 3 is 2.38 bits per heavy atom. The number of amides is 1. The Balaban J connectivity index is 1.44. The number of hydrogen-bond acceptors (Lipinski definition) is 2. The Hall–Kier alpha value is -1.35. The van der Waals surface area contributed by atoms with Crippen molar-refractivity contribution in [2.24, 2.45) is 5.92 Å². The van der Waals surface area contributed by atoms with Gasteiger partial charge in [-0.05, 0) is 56.8 Å². The van der Waals surface area contributed by atoms with Crippen molar-refractivity contribution < 1.29 is 4.79 Å². The maximum absolute atomic E-state index is 12.6. The SMILES string of the molecule is Cc1ccccc1CN1CCC(C(=O)NC2CCCCCC2)CC1. The van der Waals surface area contributed by atoms with E-state index in [0.29, 0.717) is 11.9 Å². The topological polar surface area (TPSA) is 32.3 Å². The third-order valence-electron chi connectivity index (χ3n) is 5.82. The van der Waals surface area contributed by atoms with Crippen LogP contribution in [0.25, 0.3) is 0 Å². The number of piperidine rings is 1. The summed E-state index contributed by atoms with van der Waals surface area (Å²) < 4.78 is 0. The first-order chi connectivity index (χ1) is 11.7. The van der Waals surface area contributed by atoms with Gasteiger partial charge in [-0.3, -0.25) is 9.69 Å². The van der Waals surface area contributed by atoms with Crippen LogP contribution in [0.2, 0.25) is 0 Å². The van der Waals surface area contributed by atoms with Gasteiger partial charge in [0.2, 0.25) is 5.91 Å². The van der Waals surface area contributed by atoms with E-state index in [2.05, 4.69) is 41.4 Å². The Morgan fingerprint density at radius 2 is 1.71 bits per heavy atom. The van der Waals surface area contributed by atoms with E-state index >= 15 is 0 Å². The van der Waals surface area contributed by atoms with Crippen LogP contribution < -0.4 is 5.32 Å². The highest BCUT2D eigenvalue weighted by molar-refractivity contribution is 5.79. The van der Waals surface area contributed by atoms with Crippen LogP contribution in [-0.4, -0.2) is 29.9 Å². The van der Waals surface area contributed by atoms with Crippen molar-refractivity contribution in [2.45, 2.75) is 70.9 Å². The molecule has 1 amide bonds. The summed E-state index contributed by atoms with van der Waals surface area (Å²) in [6.07, 6.45) is 9.59. The maximum atomic E-state index is 12.6. The summed E-state index contributed by atoms with van der Waals surface area (Å²) in [5.74, 6) is 0.541. The zero-order valence-electron chi connectivity index (χ0n) is 15.1. The van der Waals surface area contributed by atoms with Gasteiger partial charge in [-0.2, -0.15) is 0 Å². The van der Waals surface area contributed by atoms with Crippen LogP contribution in [0.15, 0.2) is 24.3 Å². The second-order valence-corrected chi connectivity index (χ2v) is 7.67. The molecule has 0 aromatic heterocycles. The average molecular weight is 329 g/mol. The number of hydrogen-bond donors (Lipinski definition) is 1. The number of nitrogens with one attached hydrogen (secondary N) is 1. The fourth-order valence-electron chi connectivity index (χ4n) is 4.12. The molecule has 1 N–H and O–H groups in total. The minimum atomic E-state index is 0.223. The molecule has 1 heterocycles. The number of aryl methyl sites for hydroxylation is 1. The van der Waals surface area contributed by atoms with E-state index in [1.165, 1.54) is 49.7 Å². The first-order valence-electron chi connectivity index (χ1n) is 9.79. The minimum absolute atomic E-state index is 0.223. The largest absolute Gasteiger partial charge is 0.353 e. The van der Waals surface area contributed by atoms with Crippen LogP contribution in [0.3, 0.4) is 0 Å². The molecule has 2 aliphatic rings. The first-order valence-corrected chi connectivity index (χ1v) is 9.79. The van der Waals surface area contributed by atoms with Crippen molar-refractivity contribution in [3.8, 4) is 0 Å². The highest BCUT2D eigenvalue weighted by Crippen LogP contribution is 2.22. The van der Waals surface area contributed by atoms with Crippen molar-refractivity contribution in [1.29, 1.82) is 0 Å². The smallest absolute Gasteiger partial charge is 0.223 e. The van der Waals surface area contributed by atoms with Crippen molar-refractivity contribution in [1.82, 2.24) is 10.2 Å². The number of rotatable bonds is 4. The van der Waals surface area contributed by atoms with Gasteiger partial charge < -0.3 is 5.32 Å². The predicted octanol–water partition coefficient (Wildman–Crippen LogP) is 4.05. The number of benzene rings is 1. The Labute approximate surface area is 146 Å². The van der Waals surface area contributed by atoms with Crippen LogP contribution in [0.1, 0.15) is 62.5 Å². The maximum Gasteiger partial charge on any atom is 0.223 e. The van der Waals surface area contributed by atoms with Gasteiger partial charge in [0.25, 0.3) is 0 Å². The molecule has 1 aliphatic heterocycles. The lowest BCUT2D eigenvalue weighted by Gasteiger charge is -2.32. The zero-order valence-corrected chi connectivity index (χ0v) is 15.1. The van der Waals surface area contributed by atoms with E-state index in [0.717, 1.165) is 32.5 Å². The highest BCUT2D eigenvalue weighted by atomic mass is 16.1. The predicted molar refractivity (Wildman–Crippen MR) is 98.8 cm³/mol. The van der Waals surface area contributed by atoms with Crippen LogP contribution in [0, 0.1) is 12.8 Å². The summed E-state index contributed by atoms with van der Waals surface area (Å²) in [6.45, 7) is 5.28. The lowest BCUT2D eigenvalue weighted by atomic mass is 9.94. The number of likely N-dealkylation sites (tertiary alicyclic amines) is 1. The second-order valence-electron chi connectivity index (χ2n) is 7.67. The standard InChI is InChI=1S/C21H32N2O/c1-17-8-6-7-9-19(17)16-23-14-12-18(13-15-23)21(24)22-20-10-4-2-3-5-11-20/h6-9,18,20H,2-5,10-16H2,1H3,(H,22,24). The Bertz CT molecular complexity index is 526. The van der Waals surface area contributed by atoms with Gasteiger partial charge in [-0.15, -0.1) is 0 Å². The summed E-state index contributed by atoms with van der Waals surface area (Å²) in [5.41, 5.74) is 2.78. The summed E-state index contributed by atoms with van der Waals surface area (Å²) in [6, 6.07) is 9.06. The van der Waals surface area contributed by atoms with E-state index in [4.69, 9.17) is 0 Å². The fourth-order valence-corrected chi connectivity index (χ4v) is 4.12. The molecule has 0 spiro atoms. The van der Waals surface area contributed by atoms with E-state index in [-0.39, 0.29) is 5.92 Å². The molecule has 0 bridgehead atoms. The molecule has 1 aromatic rings. The summed E-state index contributed by atoms with van der Waals surface area (Å²) in [7, 11) is 0. The summed E-state index contributed by atoms with van der Waals surface area (Å²) in [5, 5.41) is 3.34. The number of carbonyl (C=O) groups excluding carboxylic acids is 1. The van der Waals surface area contributed by atoms with E-state index in [9.17, 15) is 4.79 Å². The average Bonchev–Trinajstić information content (AvgIpc) is 2.86. The van der Waals surface area contributed by atoms with Crippen molar-refractivity contribution in [3.63, 3.8) is 0 Å². The third-order valence-corrected chi connectivity index (χ3v) is 5.82. The van der Waals surface area contributed by atoms with Crippen molar-refractivity contribution >= 4 is 5.91 Å². The molecular weight excluding hydrogens is 296 g/mol. The van der Waals surface area contributed by atoms with E-state index in [1.807, 2.05) is 0 Å². The summed E-state index contributed by atoms with van der Waals surface area (Å²) >= 11 is 0. The van der Waals surface area contributed by atoms with Crippen LogP contribution in [0.5, 0.6) is 0 Å². The number of carbonyl (C=O) groups is 1. The fraction of sp³-hybridized carbons (Fsp3) is 0.667. The highest BCUT2D eigenvalue weighted by Gasteiger charge is 2.26. The van der Waals surface area contributed by atoms with Crippen molar-refractivity contribution in [3.05, 3.63) is 35.4 Å². The van der Waals surface area contributed by atoms with Gasteiger partial charge in [-0.25, -0.2) is 0 Å². The summed E-state index contributed by atoms with van der Waals surface area (Å²) in [4.78, 5) is 15.1. The zero-order chi connectivity index (χ0) is 16.8. The van der Waals surface area contributed by atoms with E-state index < -0.39 is 0 Å². The monoisotopic (exact) mass is 328 g/mol. The lowest BCUT2D eigenvalue weighted by molar-refractivity contribution is -0.127. The Morgan fingerprint density at radius 1 is 1.04 bits per heavy atom. The quantitative estimate of drug-likeness (QED) is 0.846. The van der Waals surface area contributed by atoms with Crippen LogP contribution in [-0.2, 0) is 11.3 Å².